The number of hydrogen-bond acceptors (Lipinski definition) is 5. The van der Waals surface area contributed by atoms with Crippen molar-refractivity contribution in [3.63, 3.8) is 0 Å². The van der Waals surface area contributed by atoms with Crippen molar-refractivity contribution >= 4 is 17.6 Å². The summed E-state index contributed by atoms with van der Waals surface area (Å²) in [5.41, 5.74) is 5.44. The van der Waals surface area contributed by atoms with Crippen LogP contribution in [0.15, 0.2) is 47.6 Å². The predicted molar refractivity (Wildman–Crippen MR) is 115 cm³/mol. The second kappa shape index (κ2) is 9.91. The van der Waals surface area contributed by atoms with Gasteiger partial charge in [-0.3, -0.25) is 9.59 Å². The lowest BCUT2D eigenvalue weighted by Crippen LogP contribution is -2.25. The summed E-state index contributed by atoms with van der Waals surface area (Å²) < 4.78 is 10.7. The molecule has 0 bridgehead atoms. The first-order chi connectivity index (χ1) is 14.1. The Labute approximate surface area is 176 Å². The molecule has 0 aliphatic rings. The lowest BCUT2D eigenvalue weighted by Gasteiger charge is -2.19. The van der Waals surface area contributed by atoms with Crippen LogP contribution in [0.4, 0.5) is 0 Å². The summed E-state index contributed by atoms with van der Waals surface area (Å²) in [6.45, 7) is 7.94. The van der Waals surface area contributed by atoms with Crippen molar-refractivity contribution in [1.82, 2.24) is 5.43 Å². The molecular weight excluding hydrogens is 384 g/mol. The lowest BCUT2D eigenvalue weighted by molar-refractivity contribution is -0.136. The number of nitrogens with one attached hydrogen (secondary N) is 1. The third-order valence-corrected chi connectivity index (χ3v) is 4.48. The van der Waals surface area contributed by atoms with Gasteiger partial charge in [0.15, 0.2) is 6.61 Å². The largest absolute Gasteiger partial charge is 0.496 e. The van der Waals surface area contributed by atoms with E-state index in [1.54, 1.807) is 25.1 Å². The first kappa shape index (κ1) is 22.9. The molecule has 2 N–H and O–H groups in total. The molecule has 7 nitrogen and oxygen atoms in total. The van der Waals surface area contributed by atoms with Crippen molar-refractivity contribution < 1.29 is 24.2 Å². The predicted octanol–water partition coefficient (Wildman–Crippen LogP) is 3.54. The number of benzene rings is 2. The Kier molecular flexibility index (Phi) is 7.58. The van der Waals surface area contributed by atoms with Gasteiger partial charge >= 0.3 is 5.97 Å². The van der Waals surface area contributed by atoms with Crippen LogP contribution in [0, 0.1) is 0 Å². The molecule has 0 atom stereocenters. The van der Waals surface area contributed by atoms with Gasteiger partial charge in [-0.1, -0.05) is 32.9 Å². The number of aliphatic carboxylic acids is 1. The van der Waals surface area contributed by atoms with Crippen molar-refractivity contribution in [1.29, 1.82) is 0 Å². The fourth-order valence-corrected chi connectivity index (χ4v) is 2.75. The van der Waals surface area contributed by atoms with Gasteiger partial charge in [-0.25, -0.2) is 5.43 Å². The third kappa shape index (κ3) is 6.62. The number of amides is 1. The Morgan fingerprint density at radius 2 is 1.77 bits per heavy atom. The van der Waals surface area contributed by atoms with Crippen molar-refractivity contribution in [2.75, 3.05) is 13.7 Å². The highest BCUT2D eigenvalue weighted by atomic mass is 16.5. The lowest BCUT2D eigenvalue weighted by atomic mass is 9.87. The van der Waals surface area contributed by atoms with Crippen molar-refractivity contribution in [2.45, 2.75) is 39.5 Å². The van der Waals surface area contributed by atoms with E-state index in [0.717, 1.165) is 0 Å². The van der Waals surface area contributed by atoms with Crippen LogP contribution in [0.5, 0.6) is 11.5 Å². The summed E-state index contributed by atoms with van der Waals surface area (Å²) in [5.74, 6) is -0.259. The van der Waals surface area contributed by atoms with Gasteiger partial charge in [0.1, 0.15) is 11.5 Å². The molecule has 0 radical (unpaired) electrons. The number of methoxy groups -OCH3 is 1. The Bertz CT molecular complexity index is 928. The highest BCUT2D eigenvalue weighted by Gasteiger charge is 2.13. The summed E-state index contributed by atoms with van der Waals surface area (Å²) in [7, 11) is 1.48. The SMILES string of the molecule is COc1ccc(/C(C)=N\NC(=O)COc2ccc(C(C)(C)C)cc2)cc1CC(=O)O. The summed E-state index contributed by atoms with van der Waals surface area (Å²) in [6.07, 6.45) is -0.168. The van der Waals surface area contributed by atoms with Crippen molar-refractivity contribution in [3.8, 4) is 11.5 Å². The maximum atomic E-state index is 12.1. The molecule has 160 valence electrons. The van der Waals surface area contributed by atoms with Gasteiger partial charge < -0.3 is 14.6 Å². The molecule has 0 saturated heterocycles. The van der Waals surface area contributed by atoms with Gasteiger partial charge in [-0.15, -0.1) is 0 Å². The molecule has 0 aromatic heterocycles. The molecule has 30 heavy (non-hydrogen) atoms. The Morgan fingerprint density at radius 1 is 1.10 bits per heavy atom. The number of ether oxygens (including phenoxy) is 2. The average Bonchev–Trinajstić information content (AvgIpc) is 2.69. The van der Waals surface area contributed by atoms with Gasteiger partial charge in [-0.05, 0) is 53.8 Å². The minimum absolute atomic E-state index is 0.0495. The van der Waals surface area contributed by atoms with E-state index < -0.39 is 11.9 Å². The second-order valence-electron chi connectivity index (χ2n) is 7.89. The smallest absolute Gasteiger partial charge is 0.307 e. The van der Waals surface area contributed by atoms with Gasteiger partial charge in [-0.2, -0.15) is 5.10 Å². The topological polar surface area (TPSA) is 97.2 Å². The quantitative estimate of drug-likeness (QED) is 0.511. The second-order valence-corrected chi connectivity index (χ2v) is 7.89. The molecule has 0 unspecified atom stereocenters. The molecule has 2 aromatic carbocycles. The molecular formula is C23H28N2O5. The highest BCUT2D eigenvalue weighted by Crippen LogP contribution is 2.24. The van der Waals surface area contributed by atoms with E-state index in [1.165, 1.54) is 12.7 Å². The van der Waals surface area contributed by atoms with Crippen LogP contribution in [-0.4, -0.2) is 36.4 Å². The molecule has 0 aliphatic heterocycles. The van der Waals surface area contributed by atoms with E-state index in [-0.39, 0.29) is 18.4 Å². The molecule has 0 spiro atoms. The summed E-state index contributed by atoms with van der Waals surface area (Å²) in [6, 6.07) is 12.8. The normalized spacial score (nSPS) is 11.7. The van der Waals surface area contributed by atoms with E-state index in [0.29, 0.717) is 28.3 Å². The maximum Gasteiger partial charge on any atom is 0.307 e. The van der Waals surface area contributed by atoms with Gasteiger partial charge in [0.2, 0.25) is 0 Å². The number of carboxylic acid groups (broad SMARTS) is 1. The van der Waals surface area contributed by atoms with E-state index in [2.05, 4.69) is 31.3 Å². The fraction of sp³-hybridized carbons (Fsp3) is 0.348. The van der Waals surface area contributed by atoms with Crippen LogP contribution in [0.25, 0.3) is 0 Å². The Morgan fingerprint density at radius 3 is 2.33 bits per heavy atom. The van der Waals surface area contributed by atoms with Crippen molar-refractivity contribution in [3.05, 3.63) is 59.2 Å². The summed E-state index contributed by atoms with van der Waals surface area (Å²) in [5, 5.41) is 13.1. The number of rotatable bonds is 8. The highest BCUT2D eigenvalue weighted by molar-refractivity contribution is 5.99. The number of hydrogen-bond donors (Lipinski definition) is 2. The zero-order valence-corrected chi connectivity index (χ0v) is 18.0. The van der Waals surface area contributed by atoms with Gasteiger partial charge in [0, 0.05) is 5.56 Å². The summed E-state index contributed by atoms with van der Waals surface area (Å²) in [4.78, 5) is 23.1. The molecule has 0 aliphatic carbocycles. The van der Waals surface area contributed by atoms with Crippen LogP contribution in [0.2, 0.25) is 0 Å². The molecule has 7 heteroatoms. The van der Waals surface area contributed by atoms with Crippen LogP contribution < -0.4 is 14.9 Å². The van der Waals surface area contributed by atoms with E-state index in [4.69, 9.17) is 14.6 Å². The summed E-state index contributed by atoms with van der Waals surface area (Å²) >= 11 is 0. The van der Waals surface area contributed by atoms with Crippen LogP contribution in [-0.2, 0) is 21.4 Å². The molecule has 0 fully saturated rings. The van der Waals surface area contributed by atoms with Crippen LogP contribution >= 0.6 is 0 Å². The van der Waals surface area contributed by atoms with Gasteiger partial charge in [0.05, 0.1) is 19.2 Å². The minimum atomic E-state index is -0.957. The van der Waals surface area contributed by atoms with E-state index in [9.17, 15) is 9.59 Å². The molecule has 2 rings (SSSR count). The van der Waals surface area contributed by atoms with E-state index in [1.807, 2.05) is 24.3 Å². The Hall–Kier alpha value is -3.35. The Balaban J connectivity index is 1.96. The molecule has 1 amide bonds. The monoisotopic (exact) mass is 412 g/mol. The molecule has 2 aromatic rings. The molecule has 0 saturated carbocycles. The number of hydrazone groups is 1. The fourth-order valence-electron chi connectivity index (χ4n) is 2.75. The standard InChI is InChI=1S/C23H28N2O5/c1-15(16-6-11-20(29-5)17(12-16)13-22(27)28)24-25-21(26)14-30-19-9-7-18(8-10-19)23(2,3)4/h6-12H,13-14H2,1-5H3,(H,25,26)(H,27,28)/b24-15-. The van der Waals surface area contributed by atoms with Gasteiger partial charge in [0.25, 0.3) is 5.91 Å². The van der Waals surface area contributed by atoms with Crippen LogP contribution in [0.1, 0.15) is 44.4 Å². The number of carbonyl (C=O) groups is 2. The first-order valence-corrected chi connectivity index (χ1v) is 9.55. The van der Waals surface area contributed by atoms with Crippen molar-refractivity contribution in [2.24, 2.45) is 5.10 Å². The third-order valence-electron chi connectivity index (χ3n) is 4.48. The van der Waals surface area contributed by atoms with Crippen LogP contribution in [0.3, 0.4) is 0 Å². The molecule has 0 heterocycles. The zero-order chi connectivity index (χ0) is 22.3. The number of carbonyl (C=O) groups excluding carboxylic acids is 1. The maximum absolute atomic E-state index is 12.1. The first-order valence-electron chi connectivity index (χ1n) is 9.55. The number of carboxylic acids is 1. The minimum Gasteiger partial charge on any atom is -0.496 e. The number of nitrogens with zero attached hydrogens (tertiary/aromatic N) is 1. The zero-order valence-electron chi connectivity index (χ0n) is 18.0. The van der Waals surface area contributed by atoms with E-state index >= 15 is 0 Å². The average molecular weight is 412 g/mol.